The van der Waals surface area contributed by atoms with Gasteiger partial charge in [-0.15, -0.1) is 0 Å². The summed E-state index contributed by atoms with van der Waals surface area (Å²) in [6.45, 7) is 4.22. The van der Waals surface area contributed by atoms with Crippen molar-refractivity contribution in [3.05, 3.63) is 35.1 Å². The van der Waals surface area contributed by atoms with Crippen LogP contribution in [0, 0.1) is 24.6 Å². The lowest BCUT2D eigenvalue weighted by Crippen LogP contribution is -2.29. The minimum absolute atomic E-state index is 0.0584. The van der Waals surface area contributed by atoms with E-state index in [-0.39, 0.29) is 11.9 Å². The topological polar surface area (TPSA) is 12.0 Å². The number of halogens is 1. The molecule has 0 spiro atoms. The molecule has 1 aromatic rings. The van der Waals surface area contributed by atoms with Crippen LogP contribution in [0.15, 0.2) is 18.2 Å². The highest BCUT2D eigenvalue weighted by Gasteiger charge is 2.28. The quantitative estimate of drug-likeness (QED) is 0.836. The van der Waals surface area contributed by atoms with Gasteiger partial charge in [-0.2, -0.15) is 0 Å². The second kappa shape index (κ2) is 6.51. The first-order chi connectivity index (χ1) is 9.15. The minimum atomic E-state index is -0.0584. The third-order valence-corrected chi connectivity index (χ3v) is 4.74. The molecule has 0 saturated heterocycles. The summed E-state index contributed by atoms with van der Waals surface area (Å²) in [7, 11) is 1.95. The van der Waals surface area contributed by atoms with Crippen LogP contribution in [-0.2, 0) is 0 Å². The highest BCUT2D eigenvalue weighted by Crippen LogP contribution is 2.38. The van der Waals surface area contributed by atoms with Gasteiger partial charge in [-0.1, -0.05) is 38.3 Å². The van der Waals surface area contributed by atoms with Gasteiger partial charge in [-0.3, -0.25) is 0 Å². The van der Waals surface area contributed by atoms with Crippen LogP contribution in [0.5, 0.6) is 0 Å². The summed E-state index contributed by atoms with van der Waals surface area (Å²) in [6.07, 6.45) is 6.32. The molecule has 106 valence electrons. The number of hydrogen-bond donors (Lipinski definition) is 1. The standard InChI is InChI=1S/C17H26FN/c1-4-13-6-8-14(9-7-13)17(19-3)15-10-5-12(2)11-16(15)18/h5,10-11,13-14,17,19H,4,6-9H2,1-3H3. The van der Waals surface area contributed by atoms with Gasteiger partial charge < -0.3 is 5.32 Å². The maximum Gasteiger partial charge on any atom is 0.128 e. The van der Waals surface area contributed by atoms with E-state index in [9.17, 15) is 4.39 Å². The van der Waals surface area contributed by atoms with Crippen molar-refractivity contribution in [2.24, 2.45) is 11.8 Å². The van der Waals surface area contributed by atoms with Gasteiger partial charge in [0, 0.05) is 11.6 Å². The first-order valence-corrected chi connectivity index (χ1v) is 7.59. The van der Waals surface area contributed by atoms with E-state index in [1.165, 1.54) is 32.1 Å². The molecule has 1 N–H and O–H groups in total. The first-order valence-electron chi connectivity index (χ1n) is 7.59. The Bertz CT molecular complexity index is 408. The molecule has 0 aromatic heterocycles. The summed E-state index contributed by atoms with van der Waals surface area (Å²) in [5.74, 6) is 1.40. The molecule has 1 aromatic carbocycles. The van der Waals surface area contributed by atoms with Crippen LogP contribution in [0.1, 0.15) is 56.2 Å². The smallest absolute Gasteiger partial charge is 0.128 e. The van der Waals surface area contributed by atoms with Gasteiger partial charge in [0.1, 0.15) is 5.82 Å². The average molecular weight is 263 g/mol. The third kappa shape index (κ3) is 3.36. The second-order valence-corrected chi connectivity index (χ2v) is 5.98. The van der Waals surface area contributed by atoms with Crippen molar-refractivity contribution < 1.29 is 4.39 Å². The van der Waals surface area contributed by atoms with E-state index in [0.29, 0.717) is 5.92 Å². The van der Waals surface area contributed by atoms with Crippen LogP contribution >= 0.6 is 0 Å². The Morgan fingerprint density at radius 2 is 1.95 bits per heavy atom. The van der Waals surface area contributed by atoms with E-state index in [1.54, 1.807) is 6.07 Å². The Hall–Kier alpha value is -0.890. The molecule has 1 nitrogen and oxygen atoms in total. The number of nitrogens with one attached hydrogen (secondary N) is 1. The molecule has 0 bridgehead atoms. The highest BCUT2D eigenvalue weighted by atomic mass is 19.1. The second-order valence-electron chi connectivity index (χ2n) is 5.98. The molecule has 1 unspecified atom stereocenters. The van der Waals surface area contributed by atoms with Crippen LogP contribution in [-0.4, -0.2) is 7.05 Å². The Morgan fingerprint density at radius 3 is 2.47 bits per heavy atom. The fraction of sp³-hybridized carbons (Fsp3) is 0.647. The monoisotopic (exact) mass is 263 g/mol. The van der Waals surface area contributed by atoms with Crippen molar-refractivity contribution in [3.8, 4) is 0 Å². The first kappa shape index (κ1) is 14.5. The Morgan fingerprint density at radius 1 is 1.26 bits per heavy atom. The third-order valence-electron chi connectivity index (χ3n) is 4.74. The molecule has 2 heteroatoms. The van der Waals surface area contributed by atoms with Crippen molar-refractivity contribution in [2.75, 3.05) is 7.05 Å². The zero-order valence-electron chi connectivity index (χ0n) is 12.4. The van der Waals surface area contributed by atoms with E-state index in [2.05, 4.69) is 12.2 Å². The minimum Gasteiger partial charge on any atom is -0.313 e. The highest BCUT2D eigenvalue weighted by molar-refractivity contribution is 5.26. The van der Waals surface area contributed by atoms with E-state index in [1.807, 2.05) is 26.1 Å². The Labute approximate surface area is 116 Å². The molecule has 0 heterocycles. The van der Waals surface area contributed by atoms with Crippen LogP contribution in [0.25, 0.3) is 0 Å². The SMILES string of the molecule is CCC1CCC(C(NC)c2ccc(C)cc2F)CC1. The summed E-state index contributed by atoms with van der Waals surface area (Å²) < 4.78 is 14.1. The molecule has 2 rings (SSSR count). The summed E-state index contributed by atoms with van der Waals surface area (Å²) >= 11 is 0. The van der Waals surface area contributed by atoms with Gasteiger partial charge in [0.25, 0.3) is 0 Å². The Kier molecular flexibility index (Phi) is 4.98. The summed E-state index contributed by atoms with van der Waals surface area (Å²) in [5.41, 5.74) is 1.83. The fourth-order valence-electron chi connectivity index (χ4n) is 3.46. The molecule has 1 saturated carbocycles. The largest absolute Gasteiger partial charge is 0.313 e. The number of rotatable bonds is 4. The maximum atomic E-state index is 14.1. The predicted octanol–water partition coefficient (Wildman–Crippen LogP) is 4.61. The molecule has 1 fully saturated rings. The van der Waals surface area contributed by atoms with Gasteiger partial charge in [-0.25, -0.2) is 4.39 Å². The van der Waals surface area contributed by atoms with Crippen molar-refractivity contribution in [2.45, 2.75) is 52.0 Å². The van der Waals surface area contributed by atoms with Crippen molar-refractivity contribution >= 4 is 0 Å². The number of hydrogen-bond acceptors (Lipinski definition) is 1. The van der Waals surface area contributed by atoms with Gasteiger partial charge >= 0.3 is 0 Å². The molecular weight excluding hydrogens is 237 g/mol. The molecule has 19 heavy (non-hydrogen) atoms. The van der Waals surface area contributed by atoms with Crippen LogP contribution < -0.4 is 5.32 Å². The molecule has 0 radical (unpaired) electrons. The summed E-state index contributed by atoms with van der Waals surface area (Å²) in [5, 5.41) is 3.34. The number of aryl methyl sites for hydroxylation is 1. The maximum absolute atomic E-state index is 14.1. The zero-order valence-corrected chi connectivity index (χ0v) is 12.4. The number of benzene rings is 1. The van der Waals surface area contributed by atoms with E-state index in [4.69, 9.17) is 0 Å². The van der Waals surface area contributed by atoms with Crippen LogP contribution in [0.2, 0.25) is 0 Å². The molecule has 1 atom stereocenters. The van der Waals surface area contributed by atoms with Crippen molar-refractivity contribution in [3.63, 3.8) is 0 Å². The summed E-state index contributed by atoms with van der Waals surface area (Å²) in [6, 6.07) is 5.79. The zero-order chi connectivity index (χ0) is 13.8. The van der Waals surface area contributed by atoms with Crippen LogP contribution in [0.4, 0.5) is 4.39 Å². The molecule has 1 aliphatic carbocycles. The summed E-state index contributed by atoms with van der Waals surface area (Å²) in [4.78, 5) is 0. The average Bonchev–Trinajstić information content (AvgIpc) is 2.42. The van der Waals surface area contributed by atoms with Crippen molar-refractivity contribution in [1.82, 2.24) is 5.32 Å². The Balaban J connectivity index is 2.12. The lowest BCUT2D eigenvalue weighted by molar-refractivity contribution is 0.221. The predicted molar refractivity (Wildman–Crippen MR) is 78.7 cm³/mol. The lowest BCUT2D eigenvalue weighted by atomic mass is 9.76. The van der Waals surface area contributed by atoms with E-state index in [0.717, 1.165) is 17.0 Å². The molecule has 0 amide bonds. The molecular formula is C17H26FN. The van der Waals surface area contributed by atoms with Crippen LogP contribution in [0.3, 0.4) is 0 Å². The van der Waals surface area contributed by atoms with Gasteiger partial charge in [0.2, 0.25) is 0 Å². The van der Waals surface area contributed by atoms with Gasteiger partial charge in [0.15, 0.2) is 0 Å². The molecule has 0 aliphatic heterocycles. The molecule has 1 aliphatic rings. The van der Waals surface area contributed by atoms with Crippen molar-refractivity contribution in [1.29, 1.82) is 0 Å². The van der Waals surface area contributed by atoms with E-state index < -0.39 is 0 Å². The normalized spacial score (nSPS) is 25.3. The van der Waals surface area contributed by atoms with Gasteiger partial charge in [-0.05, 0) is 50.3 Å². The van der Waals surface area contributed by atoms with Gasteiger partial charge in [0.05, 0.1) is 0 Å². The van der Waals surface area contributed by atoms with E-state index >= 15 is 0 Å². The fourth-order valence-corrected chi connectivity index (χ4v) is 3.46. The lowest BCUT2D eigenvalue weighted by Gasteiger charge is -2.34.